The third kappa shape index (κ3) is 1.99. The molecule has 0 radical (unpaired) electrons. The van der Waals surface area contributed by atoms with Gasteiger partial charge in [-0.3, -0.25) is 0 Å². The van der Waals surface area contributed by atoms with E-state index in [0.29, 0.717) is 12.1 Å². The van der Waals surface area contributed by atoms with E-state index in [1.54, 1.807) is 6.07 Å². The minimum Gasteiger partial charge on any atom is -0.480 e. The number of fused-ring (bicyclic) bond motifs is 3. The minimum atomic E-state index is -3.76. The number of carboxylic acid groups (broad SMARTS) is 1. The summed E-state index contributed by atoms with van der Waals surface area (Å²) in [5.74, 6) is -1.09. The first kappa shape index (κ1) is 13.1. The molecule has 0 amide bonds. The molecule has 0 saturated heterocycles. The van der Waals surface area contributed by atoms with E-state index in [2.05, 4.69) is 5.32 Å². The molecule has 1 aromatic carbocycles. The van der Waals surface area contributed by atoms with Gasteiger partial charge in [0.05, 0.1) is 4.90 Å². The molecule has 0 unspecified atom stereocenters. The molecule has 106 valence electrons. The standard InChI is InChI=1S/C13H14N2O4S/c14-20(18,19)7-4-5-11-10(6-7)8-2-1-3-9(8)12(15-11)13(16)17/h1-2,4-6,8-9,12,15H,3H2,(H,16,17)(H2,14,18,19)/t8-,9-,12+/m0/s1. The van der Waals surface area contributed by atoms with Crippen LogP contribution in [-0.2, 0) is 14.8 Å². The van der Waals surface area contributed by atoms with Gasteiger partial charge in [0.15, 0.2) is 0 Å². The minimum absolute atomic E-state index is 0.0471. The van der Waals surface area contributed by atoms with E-state index in [-0.39, 0.29) is 16.7 Å². The van der Waals surface area contributed by atoms with Crippen LogP contribution in [0.1, 0.15) is 17.9 Å². The van der Waals surface area contributed by atoms with Gasteiger partial charge in [0, 0.05) is 17.5 Å². The maximum absolute atomic E-state index is 11.4. The molecule has 0 saturated carbocycles. The van der Waals surface area contributed by atoms with E-state index in [9.17, 15) is 18.3 Å². The van der Waals surface area contributed by atoms with Crippen molar-refractivity contribution in [3.63, 3.8) is 0 Å². The van der Waals surface area contributed by atoms with Crippen LogP contribution >= 0.6 is 0 Å². The van der Waals surface area contributed by atoms with Gasteiger partial charge in [-0.1, -0.05) is 12.2 Å². The van der Waals surface area contributed by atoms with Crippen molar-refractivity contribution in [2.45, 2.75) is 23.3 Å². The highest BCUT2D eigenvalue weighted by atomic mass is 32.2. The molecule has 0 spiro atoms. The van der Waals surface area contributed by atoms with Crippen molar-refractivity contribution >= 4 is 21.7 Å². The molecule has 20 heavy (non-hydrogen) atoms. The predicted molar refractivity (Wildman–Crippen MR) is 72.8 cm³/mol. The van der Waals surface area contributed by atoms with Crippen molar-refractivity contribution in [3.8, 4) is 0 Å². The molecule has 4 N–H and O–H groups in total. The van der Waals surface area contributed by atoms with Crippen LogP contribution in [0, 0.1) is 5.92 Å². The molecule has 3 rings (SSSR count). The van der Waals surface area contributed by atoms with Gasteiger partial charge in [0.2, 0.25) is 10.0 Å². The van der Waals surface area contributed by atoms with Gasteiger partial charge in [-0.25, -0.2) is 18.4 Å². The van der Waals surface area contributed by atoms with Crippen LogP contribution in [0.3, 0.4) is 0 Å². The van der Waals surface area contributed by atoms with E-state index in [1.807, 2.05) is 12.2 Å². The van der Waals surface area contributed by atoms with Gasteiger partial charge in [0.1, 0.15) is 6.04 Å². The molecule has 2 aliphatic rings. The lowest BCUT2D eigenvalue weighted by Crippen LogP contribution is -2.41. The van der Waals surface area contributed by atoms with Crippen molar-refractivity contribution in [2.24, 2.45) is 11.1 Å². The summed E-state index contributed by atoms with van der Waals surface area (Å²) >= 11 is 0. The monoisotopic (exact) mass is 294 g/mol. The number of primary sulfonamides is 1. The molecular weight excluding hydrogens is 280 g/mol. The Balaban J connectivity index is 2.11. The van der Waals surface area contributed by atoms with E-state index < -0.39 is 22.0 Å². The summed E-state index contributed by atoms with van der Waals surface area (Å²) in [6, 6.07) is 3.83. The van der Waals surface area contributed by atoms with Crippen LogP contribution in [0.25, 0.3) is 0 Å². The normalized spacial score (nSPS) is 27.6. The molecule has 6 nitrogen and oxygen atoms in total. The summed E-state index contributed by atoms with van der Waals surface area (Å²) in [5, 5.41) is 17.4. The fourth-order valence-corrected chi connectivity index (χ4v) is 3.54. The number of rotatable bonds is 2. The summed E-state index contributed by atoms with van der Waals surface area (Å²) in [5.41, 5.74) is 1.44. The molecule has 1 aromatic rings. The third-order valence-corrected chi connectivity index (χ3v) is 4.84. The average molecular weight is 294 g/mol. The molecule has 0 bridgehead atoms. The molecule has 0 fully saturated rings. The summed E-state index contributed by atoms with van der Waals surface area (Å²) < 4.78 is 22.9. The van der Waals surface area contributed by atoms with Crippen LogP contribution in [0.2, 0.25) is 0 Å². The SMILES string of the molecule is NS(=O)(=O)c1ccc2c(c1)[C@H]1C=CC[C@@H]1[C@H](C(=O)O)N2. The fraction of sp³-hybridized carbons (Fsp3) is 0.308. The van der Waals surface area contributed by atoms with E-state index in [4.69, 9.17) is 5.14 Å². The Kier molecular flexibility index (Phi) is 2.84. The zero-order chi connectivity index (χ0) is 14.5. The number of hydrogen-bond acceptors (Lipinski definition) is 4. The Hall–Kier alpha value is -1.86. The number of anilines is 1. The zero-order valence-electron chi connectivity index (χ0n) is 10.5. The lowest BCUT2D eigenvalue weighted by molar-refractivity contribution is -0.139. The van der Waals surface area contributed by atoms with Crippen molar-refractivity contribution < 1.29 is 18.3 Å². The fourth-order valence-electron chi connectivity index (χ4n) is 2.99. The Bertz CT molecular complexity index is 711. The Morgan fingerprint density at radius 1 is 1.40 bits per heavy atom. The maximum Gasteiger partial charge on any atom is 0.326 e. The smallest absolute Gasteiger partial charge is 0.326 e. The van der Waals surface area contributed by atoms with E-state index >= 15 is 0 Å². The van der Waals surface area contributed by atoms with Crippen LogP contribution in [0.4, 0.5) is 5.69 Å². The first-order chi connectivity index (χ1) is 9.38. The van der Waals surface area contributed by atoms with E-state index in [1.165, 1.54) is 12.1 Å². The van der Waals surface area contributed by atoms with Crippen LogP contribution in [-0.4, -0.2) is 25.5 Å². The second kappa shape index (κ2) is 4.32. The Labute approximate surface area is 116 Å². The van der Waals surface area contributed by atoms with Crippen molar-refractivity contribution in [3.05, 3.63) is 35.9 Å². The quantitative estimate of drug-likeness (QED) is 0.701. The number of carboxylic acids is 1. The van der Waals surface area contributed by atoms with Gasteiger partial charge in [-0.2, -0.15) is 0 Å². The zero-order valence-corrected chi connectivity index (χ0v) is 11.3. The Morgan fingerprint density at radius 2 is 2.15 bits per heavy atom. The summed E-state index contributed by atoms with van der Waals surface area (Å²) in [4.78, 5) is 11.4. The second-order valence-corrected chi connectivity index (χ2v) is 6.67. The van der Waals surface area contributed by atoms with Crippen LogP contribution in [0.15, 0.2) is 35.2 Å². The number of carbonyl (C=O) groups is 1. The van der Waals surface area contributed by atoms with Crippen molar-refractivity contribution in [1.82, 2.24) is 0 Å². The molecule has 7 heteroatoms. The van der Waals surface area contributed by atoms with Gasteiger partial charge < -0.3 is 10.4 Å². The van der Waals surface area contributed by atoms with Gasteiger partial charge in [0.25, 0.3) is 0 Å². The molecule has 0 aromatic heterocycles. The first-order valence-corrected chi connectivity index (χ1v) is 7.75. The maximum atomic E-state index is 11.4. The number of hydrogen-bond donors (Lipinski definition) is 3. The summed E-state index contributed by atoms with van der Waals surface area (Å²) in [6.07, 6.45) is 4.53. The van der Waals surface area contributed by atoms with Crippen molar-refractivity contribution in [1.29, 1.82) is 0 Å². The van der Waals surface area contributed by atoms with E-state index in [0.717, 1.165) is 5.56 Å². The molecule has 1 aliphatic heterocycles. The third-order valence-electron chi connectivity index (χ3n) is 3.93. The van der Waals surface area contributed by atoms with Gasteiger partial charge in [-0.15, -0.1) is 0 Å². The van der Waals surface area contributed by atoms with Crippen LogP contribution in [0.5, 0.6) is 0 Å². The topological polar surface area (TPSA) is 109 Å². The highest BCUT2D eigenvalue weighted by Gasteiger charge is 2.40. The number of aliphatic carboxylic acids is 1. The molecular formula is C13H14N2O4S. The number of benzene rings is 1. The number of allylic oxidation sites excluding steroid dienone is 2. The largest absolute Gasteiger partial charge is 0.480 e. The second-order valence-electron chi connectivity index (χ2n) is 5.11. The highest BCUT2D eigenvalue weighted by Crippen LogP contribution is 2.45. The number of nitrogens with two attached hydrogens (primary N) is 1. The summed E-state index contributed by atoms with van der Waals surface area (Å²) in [6.45, 7) is 0. The highest BCUT2D eigenvalue weighted by molar-refractivity contribution is 7.89. The van der Waals surface area contributed by atoms with Crippen LogP contribution < -0.4 is 10.5 Å². The first-order valence-electron chi connectivity index (χ1n) is 6.20. The Morgan fingerprint density at radius 3 is 2.80 bits per heavy atom. The number of sulfonamides is 1. The molecule has 1 heterocycles. The summed E-state index contributed by atoms with van der Waals surface area (Å²) in [7, 11) is -3.76. The van der Waals surface area contributed by atoms with Gasteiger partial charge in [-0.05, 0) is 30.2 Å². The lowest BCUT2D eigenvalue weighted by Gasteiger charge is -2.34. The average Bonchev–Trinajstić information content (AvgIpc) is 2.85. The number of nitrogens with one attached hydrogen (secondary N) is 1. The lowest BCUT2D eigenvalue weighted by atomic mass is 9.79. The van der Waals surface area contributed by atoms with Crippen molar-refractivity contribution in [2.75, 3.05) is 5.32 Å². The molecule has 3 atom stereocenters. The molecule has 1 aliphatic carbocycles. The predicted octanol–water partition coefficient (Wildman–Crippen LogP) is 0.872. The van der Waals surface area contributed by atoms with Gasteiger partial charge >= 0.3 is 5.97 Å².